The van der Waals surface area contributed by atoms with Gasteiger partial charge in [-0.25, -0.2) is 0 Å². The minimum Gasteiger partial charge on any atom is -0.469 e. The predicted octanol–water partition coefficient (Wildman–Crippen LogP) is 6.29. The third-order valence-electron chi connectivity index (χ3n) is 6.33. The van der Waals surface area contributed by atoms with Crippen molar-refractivity contribution in [3.8, 4) is 0 Å². The van der Waals surface area contributed by atoms with Gasteiger partial charge in [-0.15, -0.1) is 0 Å². The summed E-state index contributed by atoms with van der Waals surface area (Å²) in [6, 6.07) is 19.3. The van der Waals surface area contributed by atoms with Gasteiger partial charge in [0.2, 0.25) is 0 Å². The Morgan fingerprint density at radius 2 is 1.21 bits per heavy atom. The van der Waals surface area contributed by atoms with Crippen LogP contribution in [0.25, 0.3) is 53.9 Å². The Hall–Kier alpha value is -3.46. The molecule has 0 heterocycles. The Kier molecular flexibility index (Phi) is 3.28. The second kappa shape index (κ2) is 5.77. The Morgan fingerprint density at radius 3 is 1.83 bits per heavy atom. The molecule has 0 aliphatic heterocycles. The van der Waals surface area contributed by atoms with E-state index in [0.717, 1.165) is 16.3 Å². The summed E-state index contributed by atoms with van der Waals surface area (Å²) in [5.74, 6) is -0.191. The summed E-state index contributed by atoms with van der Waals surface area (Å²) in [4.78, 5) is 24.5. The molecule has 0 N–H and O–H groups in total. The standard InChI is InChI=1S/C26H18O3/c1-29-21(28)4-2-3-20(27)19-13-17-10-9-15-6-5-14-7-8-16-11-12-18(19)26-24(16)22(14)23(15)25(17)26/h5-13H,2-4H2,1H3. The number of Topliss-reactive ketones (excluding diaryl/α,β-unsaturated/α-hetero) is 1. The van der Waals surface area contributed by atoms with E-state index in [1.807, 2.05) is 6.07 Å². The number of ketones is 1. The van der Waals surface area contributed by atoms with Gasteiger partial charge >= 0.3 is 5.97 Å². The fourth-order valence-electron chi connectivity index (χ4n) is 5.03. The van der Waals surface area contributed by atoms with Crippen molar-refractivity contribution in [2.24, 2.45) is 0 Å². The summed E-state index contributed by atoms with van der Waals surface area (Å²) in [6.45, 7) is 0. The van der Waals surface area contributed by atoms with Crippen molar-refractivity contribution >= 4 is 65.6 Å². The van der Waals surface area contributed by atoms with Crippen LogP contribution in [0.4, 0.5) is 0 Å². The molecule has 0 spiro atoms. The molecule has 140 valence electrons. The number of rotatable bonds is 5. The minimum atomic E-state index is -0.273. The number of hydrogen-bond acceptors (Lipinski definition) is 3. The first kappa shape index (κ1) is 16.5. The summed E-state index contributed by atoms with van der Waals surface area (Å²) >= 11 is 0. The monoisotopic (exact) mass is 378 g/mol. The molecule has 3 heteroatoms. The van der Waals surface area contributed by atoms with Crippen LogP contribution >= 0.6 is 0 Å². The highest BCUT2D eigenvalue weighted by Gasteiger charge is 2.23. The van der Waals surface area contributed by atoms with Crippen molar-refractivity contribution in [2.75, 3.05) is 7.11 Å². The fourth-order valence-corrected chi connectivity index (χ4v) is 5.03. The SMILES string of the molecule is COC(=O)CCCC(=O)c1cc2ccc3ccc4ccc5ccc1c1c5c4c3c21. The van der Waals surface area contributed by atoms with Crippen LogP contribution in [0.2, 0.25) is 0 Å². The number of benzene rings is 5. The smallest absolute Gasteiger partial charge is 0.305 e. The molecular formula is C26H18O3. The highest BCUT2D eigenvalue weighted by Crippen LogP contribution is 2.48. The average molecular weight is 378 g/mol. The largest absolute Gasteiger partial charge is 0.469 e. The number of methoxy groups -OCH3 is 1. The molecule has 0 fully saturated rings. The maximum atomic E-state index is 13.1. The molecule has 0 radical (unpaired) electrons. The van der Waals surface area contributed by atoms with Crippen molar-refractivity contribution in [3.63, 3.8) is 0 Å². The second-order valence-corrected chi connectivity index (χ2v) is 7.85. The van der Waals surface area contributed by atoms with Gasteiger partial charge in [0.25, 0.3) is 0 Å². The van der Waals surface area contributed by atoms with Crippen LogP contribution in [0.15, 0.2) is 54.6 Å². The van der Waals surface area contributed by atoms with Crippen LogP contribution in [0, 0.1) is 0 Å². The molecular weight excluding hydrogens is 360 g/mol. The van der Waals surface area contributed by atoms with Gasteiger partial charge in [-0.1, -0.05) is 48.5 Å². The maximum absolute atomic E-state index is 13.1. The van der Waals surface area contributed by atoms with E-state index in [1.54, 1.807) is 0 Å². The predicted molar refractivity (Wildman–Crippen MR) is 118 cm³/mol. The highest BCUT2D eigenvalue weighted by molar-refractivity contribution is 6.45. The fraction of sp³-hybridized carbons (Fsp3) is 0.154. The van der Waals surface area contributed by atoms with Gasteiger partial charge < -0.3 is 4.74 Å². The van der Waals surface area contributed by atoms with Gasteiger partial charge in [-0.05, 0) is 66.3 Å². The van der Waals surface area contributed by atoms with Crippen LogP contribution in [0.5, 0.6) is 0 Å². The van der Waals surface area contributed by atoms with Gasteiger partial charge in [0.15, 0.2) is 5.78 Å². The van der Waals surface area contributed by atoms with Crippen LogP contribution in [-0.2, 0) is 9.53 Å². The minimum absolute atomic E-state index is 0.0818. The molecule has 0 aromatic heterocycles. The number of ether oxygens (including phenoxy) is 1. The number of carbonyl (C=O) groups is 2. The van der Waals surface area contributed by atoms with Crippen LogP contribution in [-0.4, -0.2) is 18.9 Å². The Labute approximate surface area is 166 Å². The lowest BCUT2D eigenvalue weighted by Crippen LogP contribution is -2.04. The van der Waals surface area contributed by atoms with Gasteiger partial charge in [-0.2, -0.15) is 0 Å². The molecule has 6 aromatic rings. The highest BCUT2D eigenvalue weighted by atomic mass is 16.5. The van der Waals surface area contributed by atoms with Crippen molar-refractivity contribution < 1.29 is 14.3 Å². The molecule has 0 amide bonds. The third kappa shape index (κ3) is 2.13. The van der Waals surface area contributed by atoms with E-state index in [2.05, 4.69) is 48.5 Å². The first-order valence-corrected chi connectivity index (χ1v) is 9.95. The molecule has 6 rings (SSSR count). The van der Waals surface area contributed by atoms with Crippen LogP contribution in [0.1, 0.15) is 29.6 Å². The summed E-state index contributed by atoms with van der Waals surface area (Å²) in [6.07, 6.45) is 1.11. The number of esters is 1. The molecule has 6 aromatic carbocycles. The third-order valence-corrected chi connectivity index (χ3v) is 6.33. The van der Waals surface area contributed by atoms with Gasteiger partial charge in [0.1, 0.15) is 0 Å². The lowest BCUT2D eigenvalue weighted by atomic mass is 9.92. The maximum Gasteiger partial charge on any atom is 0.305 e. The Bertz CT molecular complexity index is 1500. The van der Waals surface area contributed by atoms with E-state index < -0.39 is 0 Å². The number of carbonyl (C=O) groups excluding carboxylic acids is 2. The van der Waals surface area contributed by atoms with E-state index in [1.165, 1.54) is 50.2 Å². The zero-order valence-corrected chi connectivity index (χ0v) is 16.0. The zero-order chi connectivity index (χ0) is 19.7. The first-order valence-electron chi connectivity index (χ1n) is 9.95. The van der Waals surface area contributed by atoms with Gasteiger partial charge in [0.05, 0.1) is 7.11 Å². The topological polar surface area (TPSA) is 43.4 Å². The van der Waals surface area contributed by atoms with Crippen molar-refractivity contribution in [3.05, 3.63) is 60.2 Å². The average Bonchev–Trinajstić information content (AvgIpc) is 3.12. The summed E-state index contributed by atoms with van der Waals surface area (Å²) < 4.78 is 4.69. The summed E-state index contributed by atoms with van der Waals surface area (Å²) in [7, 11) is 1.38. The molecule has 0 unspecified atom stereocenters. The normalized spacial score (nSPS) is 12.3. The lowest BCUT2D eigenvalue weighted by Gasteiger charge is -2.10. The summed E-state index contributed by atoms with van der Waals surface area (Å²) in [5.41, 5.74) is 0.753. The van der Waals surface area contributed by atoms with E-state index >= 15 is 0 Å². The van der Waals surface area contributed by atoms with Gasteiger partial charge in [-0.3, -0.25) is 9.59 Å². The van der Waals surface area contributed by atoms with Crippen LogP contribution < -0.4 is 0 Å². The quantitative estimate of drug-likeness (QED) is 0.201. The zero-order valence-electron chi connectivity index (χ0n) is 16.0. The van der Waals surface area contributed by atoms with Crippen molar-refractivity contribution in [1.82, 2.24) is 0 Å². The molecule has 0 bridgehead atoms. The van der Waals surface area contributed by atoms with Crippen molar-refractivity contribution in [1.29, 1.82) is 0 Å². The molecule has 29 heavy (non-hydrogen) atoms. The molecule has 0 atom stereocenters. The van der Waals surface area contributed by atoms with Crippen LogP contribution in [0.3, 0.4) is 0 Å². The van der Waals surface area contributed by atoms with E-state index in [-0.39, 0.29) is 18.2 Å². The van der Waals surface area contributed by atoms with Crippen molar-refractivity contribution in [2.45, 2.75) is 19.3 Å². The first-order chi connectivity index (χ1) is 14.2. The second-order valence-electron chi connectivity index (χ2n) is 7.85. The Balaban J connectivity index is 1.63. The molecule has 3 nitrogen and oxygen atoms in total. The van der Waals surface area contributed by atoms with Gasteiger partial charge in [0, 0.05) is 18.4 Å². The number of hydrogen-bond donors (Lipinski definition) is 0. The summed E-state index contributed by atoms with van der Waals surface area (Å²) in [5, 5.41) is 12.2. The molecule has 0 aliphatic carbocycles. The molecule has 0 saturated carbocycles. The van der Waals surface area contributed by atoms with E-state index in [0.29, 0.717) is 12.8 Å². The van der Waals surface area contributed by atoms with E-state index in [9.17, 15) is 9.59 Å². The Morgan fingerprint density at radius 1 is 0.690 bits per heavy atom. The molecule has 0 saturated heterocycles. The lowest BCUT2D eigenvalue weighted by molar-refractivity contribution is -0.140. The molecule has 0 aliphatic rings. The van der Waals surface area contributed by atoms with E-state index in [4.69, 9.17) is 4.74 Å².